The fourth-order valence-electron chi connectivity index (χ4n) is 2.98. The van der Waals surface area contributed by atoms with Gasteiger partial charge in [0.15, 0.2) is 0 Å². The van der Waals surface area contributed by atoms with Crippen molar-refractivity contribution in [3.63, 3.8) is 0 Å². The van der Waals surface area contributed by atoms with Crippen LogP contribution in [0.4, 0.5) is 0 Å². The van der Waals surface area contributed by atoms with Crippen molar-refractivity contribution >= 4 is 28.5 Å². The van der Waals surface area contributed by atoms with Crippen molar-refractivity contribution < 1.29 is 18.8 Å². The molecule has 0 bridgehead atoms. The molecule has 2 aliphatic heterocycles. The summed E-state index contributed by atoms with van der Waals surface area (Å²) in [6.45, 7) is 0.648. The molecule has 3 rings (SSSR count). The Morgan fingerprint density at radius 3 is 3.05 bits per heavy atom. The molecule has 0 saturated carbocycles. The quantitative estimate of drug-likeness (QED) is 0.925. The highest BCUT2D eigenvalue weighted by Crippen LogP contribution is 2.40. The van der Waals surface area contributed by atoms with E-state index < -0.39 is 16.8 Å². The number of rotatable bonds is 3. The average Bonchev–Trinajstić information content (AvgIpc) is 2.94. The number of aromatic carboxylic acids is 1. The number of thioether (sulfide) groups is 1. The number of carboxylic acids is 1. The molecule has 2 fully saturated rings. The maximum absolute atomic E-state index is 12.8. The number of carbonyl (C=O) groups is 1. The molecule has 3 atom stereocenters. The van der Waals surface area contributed by atoms with E-state index in [2.05, 4.69) is 0 Å². The van der Waals surface area contributed by atoms with Crippen molar-refractivity contribution in [1.82, 2.24) is 0 Å². The summed E-state index contributed by atoms with van der Waals surface area (Å²) in [4.78, 5) is 11.6. The number of hydrogen-bond donors (Lipinski definition) is 1. The van der Waals surface area contributed by atoms with Gasteiger partial charge in [-0.05, 0) is 43.2 Å². The van der Waals surface area contributed by atoms with Crippen molar-refractivity contribution in [1.29, 1.82) is 0 Å². The summed E-state index contributed by atoms with van der Waals surface area (Å²) in [5, 5.41) is 9.10. The van der Waals surface area contributed by atoms with Gasteiger partial charge in [0.2, 0.25) is 0 Å². The molecule has 4 nitrogen and oxygen atoms in total. The Labute approximate surface area is 130 Å². The van der Waals surface area contributed by atoms with Crippen LogP contribution in [0.1, 0.15) is 29.6 Å². The first-order chi connectivity index (χ1) is 10.1. The van der Waals surface area contributed by atoms with Crippen LogP contribution in [-0.2, 0) is 15.5 Å². The molecular formula is C15H18O4S2. The van der Waals surface area contributed by atoms with Gasteiger partial charge in [0.1, 0.15) is 0 Å². The SMILES string of the molecule is O=C(O)c1cccc(S(=O)C2CCOC3(CCSC3)C2)c1. The average molecular weight is 326 g/mol. The molecule has 2 aliphatic rings. The molecule has 0 radical (unpaired) electrons. The third-order valence-corrected chi connectivity index (χ3v) is 7.08. The van der Waals surface area contributed by atoms with Crippen LogP contribution in [0.25, 0.3) is 0 Å². The molecule has 3 unspecified atom stereocenters. The first-order valence-electron chi connectivity index (χ1n) is 7.05. The minimum Gasteiger partial charge on any atom is -0.478 e. The lowest BCUT2D eigenvalue weighted by Crippen LogP contribution is -2.43. The van der Waals surface area contributed by atoms with E-state index in [1.807, 2.05) is 11.8 Å². The summed E-state index contributed by atoms with van der Waals surface area (Å²) in [6, 6.07) is 6.48. The lowest BCUT2D eigenvalue weighted by molar-refractivity contribution is -0.0567. The van der Waals surface area contributed by atoms with Crippen LogP contribution in [0.15, 0.2) is 29.2 Å². The highest BCUT2D eigenvalue weighted by Gasteiger charge is 2.42. The number of hydrogen-bond acceptors (Lipinski definition) is 4. The second-order valence-corrected chi connectivity index (χ2v) is 8.42. The highest BCUT2D eigenvalue weighted by atomic mass is 32.2. The van der Waals surface area contributed by atoms with E-state index in [-0.39, 0.29) is 16.4 Å². The molecular weight excluding hydrogens is 308 g/mol. The van der Waals surface area contributed by atoms with Crippen molar-refractivity contribution in [2.75, 3.05) is 18.1 Å². The minimum atomic E-state index is -1.17. The maximum Gasteiger partial charge on any atom is 0.335 e. The van der Waals surface area contributed by atoms with Crippen molar-refractivity contribution in [3.05, 3.63) is 29.8 Å². The lowest BCUT2D eigenvalue weighted by atomic mass is 9.93. The van der Waals surface area contributed by atoms with Crippen LogP contribution in [-0.4, -0.2) is 44.2 Å². The molecule has 0 aromatic heterocycles. The molecule has 1 N–H and O–H groups in total. The Bertz CT molecular complexity index is 567. The molecule has 1 aromatic rings. The van der Waals surface area contributed by atoms with E-state index in [0.717, 1.165) is 30.8 Å². The van der Waals surface area contributed by atoms with Gasteiger partial charge in [-0.15, -0.1) is 0 Å². The Hall–Kier alpha value is -0.850. The van der Waals surface area contributed by atoms with E-state index in [4.69, 9.17) is 9.84 Å². The largest absolute Gasteiger partial charge is 0.478 e. The summed E-state index contributed by atoms with van der Waals surface area (Å²) in [5.41, 5.74) is 0.0900. The van der Waals surface area contributed by atoms with Gasteiger partial charge in [0.25, 0.3) is 0 Å². The summed E-state index contributed by atoms with van der Waals surface area (Å²) < 4.78 is 18.7. The lowest BCUT2D eigenvalue weighted by Gasteiger charge is -2.37. The van der Waals surface area contributed by atoms with Crippen molar-refractivity contribution in [3.8, 4) is 0 Å². The monoisotopic (exact) mass is 326 g/mol. The van der Waals surface area contributed by atoms with Gasteiger partial charge in [0.05, 0.1) is 22.0 Å². The number of ether oxygens (including phenoxy) is 1. The third kappa shape index (κ3) is 3.17. The van der Waals surface area contributed by atoms with Crippen molar-refractivity contribution in [2.24, 2.45) is 0 Å². The maximum atomic E-state index is 12.8. The summed E-state index contributed by atoms with van der Waals surface area (Å²) in [5.74, 6) is 1.11. The second kappa shape index (κ2) is 6.10. The fourth-order valence-corrected chi connectivity index (χ4v) is 5.96. The van der Waals surface area contributed by atoms with Crippen LogP contribution >= 0.6 is 11.8 Å². The summed E-state index contributed by atoms with van der Waals surface area (Å²) in [6.07, 6.45) is 2.61. The molecule has 1 spiro atoms. The summed E-state index contributed by atoms with van der Waals surface area (Å²) in [7, 11) is -1.17. The standard InChI is InChI=1S/C15H18O4S2/c16-14(17)11-2-1-3-12(8-11)21(18)13-4-6-19-15(9-13)5-7-20-10-15/h1-3,8,13H,4-7,9-10H2,(H,16,17). The summed E-state index contributed by atoms with van der Waals surface area (Å²) >= 11 is 1.89. The Morgan fingerprint density at radius 1 is 1.48 bits per heavy atom. The first kappa shape index (κ1) is 15.1. The van der Waals surface area contributed by atoms with Gasteiger partial charge in [0, 0.05) is 22.5 Å². The molecule has 2 saturated heterocycles. The first-order valence-corrected chi connectivity index (χ1v) is 9.42. The number of carboxylic acid groups (broad SMARTS) is 1. The molecule has 0 amide bonds. The molecule has 1 aromatic carbocycles. The van der Waals surface area contributed by atoms with Crippen LogP contribution in [0.5, 0.6) is 0 Å². The molecule has 114 valence electrons. The van der Waals surface area contributed by atoms with E-state index in [9.17, 15) is 9.00 Å². The van der Waals surface area contributed by atoms with Crippen molar-refractivity contribution in [2.45, 2.75) is 35.0 Å². The van der Waals surface area contributed by atoms with E-state index in [1.165, 1.54) is 12.1 Å². The minimum absolute atomic E-state index is 0.0569. The molecule has 2 heterocycles. The predicted octanol–water partition coefficient (Wildman–Crippen LogP) is 2.55. The van der Waals surface area contributed by atoms with Gasteiger partial charge in [-0.3, -0.25) is 4.21 Å². The number of benzene rings is 1. The Balaban J connectivity index is 1.78. The van der Waals surface area contributed by atoms with Gasteiger partial charge in [-0.2, -0.15) is 11.8 Å². The highest BCUT2D eigenvalue weighted by molar-refractivity contribution is 7.99. The molecule has 6 heteroatoms. The van der Waals surface area contributed by atoms with Gasteiger partial charge < -0.3 is 9.84 Å². The zero-order chi connectivity index (χ0) is 14.9. The van der Waals surface area contributed by atoms with Gasteiger partial charge in [-0.25, -0.2) is 4.79 Å². The Kier molecular flexibility index (Phi) is 4.38. The second-order valence-electron chi connectivity index (χ2n) is 5.58. The van der Waals surface area contributed by atoms with E-state index >= 15 is 0 Å². The third-order valence-electron chi connectivity index (χ3n) is 4.13. The van der Waals surface area contributed by atoms with Crippen LogP contribution in [0, 0.1) is 0 Å². The normalized spacial score (nSPS) is 30.4. The van der Waals surface area contributed by atoms with Crippen LogP contribution in [0.2, 0.25) is 0 Å². The molecule has 21 heavy (non-hydrogen) atoms. The topological polar surface area (TPSA) is 63.6 Å². The van der Waals surface area contributed by atoms with E-state index in [0.29, 0.717) is 11.5 Å². The Morgan fingerprint density at radius 2 is 2.33 bits per heavy atom. The van der Waals surface area contributed by atoms with E-state index in [1.54, 1.807) is 12.1 Å². The zero-order valence-electron chi connectivity index (χ0n) is 11.6. The molecule has 0 aliphatic carbocycles. The van der Waals surface area contributed by atoms with Gasteiger partial charge >= 0.3 is 5.97 Å². The predicted molar refractivity (Wildman–Crippen MR) is 83.5 cm³/mol. The van der Waals surface area contributed by atoms with Crippen LogP contribution < -0.4 is 0 Å². The van der Waals surface area contributed by atoms with Crippen LogP contribution in [0.3, 0.4) is 0 Å². The fraction of sp³-hybridized carbons (Fsp3) is 0.533. The zero-order valence-corrected chi connectivity index (χ0v) is 13.3. The smallest absolute Gasteiger partial charge is 0.335 e. The van der Waals surface area contributed by atoms with Gasteiger partial charge in [-0.1, -0.05) is 6.07 Å².